The Morgan fingerprint density at radius 2 is 2.06 bits per heavy atom. The van der Waals surface area contributed by atoms with E-state index in [0.29, 0.717) is 5.92 Å². The highest BCUT2D eigenvalue weighted by Gasteiger charge is 2.18. The standard InChI is InChI=1S/C14H26N2S/c1-6-10(2)7-11(15)8-13-16-12(9-17-13)14(3,4)5/h9-11H,6-8,15H2,1-5H3. The molecule has 0 aliphatic carbocycles. The third-order valence-corrected chi connectivity index (χ3v) is 4.03. The van der Waals surface area contributed by atoms with Gasteiger partial charge in [0.15, 0.2) is 0 Å². The van der Waals surface area contributed by atoms with Crippen LogP contribution >= 0.6 is 11.3 Å². The van der Waals surface area contributed by atoms with Crippen LogP contribution in [-0.2, 0) is 11.8 Å². The molecule has 2 N–H and O–H groups in total. The molecule has 98 valence electrons. The van der Waals surface area contributed by atoms with Gasteiger partial charge in [0, 0.05) is 23.3 Å². The van der Waals surface area contributed by atoms with Gasteiger partial charge in [-0.05, 0) is 12.3 Å². The van der Waals surface area contributed by atoms with Crippen LogP contribution in [0.15, 0.2) is 5.38 Å². The van der Waals surface area contributed by atoms with Gasteiger partial charge in [0.2, 0.25) is 0 Å². The maximum absolute atomic E-state index is 6.17. The molecule has 0 saturated heterocycles. The van der Waals surface area contributed by atoms with Crippen LogP contribution in [0.2, 0.25) is 0 Å². The zero-order chi connectivity index (χ0) is 13.1. The van der Waals surface area contributed by atoms with Gasteiger partial charge in [-0.15, -0.1) is 11.3 Å². The van der Waals surface area contributed by atoms with Crippen molar-refractivity contribution in [3.8, 4) is 0 Å². The number of thiazole rings is 1. The van der Waals surface area contributed by atoms with E-state index in [-0.39, 0.29) is 11.5 Å². The summed E-state index contributed by atoms with van der Waals surface area (Å²) in [6.07, 6.45) is 3.23. The van der Waals surface area contributed by atoms with E-state index >= 15 is 0 Å². The Kier molecular flexibility index (Phi) is 5.14. The summed E-state index contributed by atoms with van der Waals surface area (Å²) in [5.41, 5.74) is 7.50. The molecule has 1 rings (SSSR count). The number of rotatable bonds is 5. The summed E-state index contributed by atoms with van der Waals surface area (Å²) in [7, 11) is 0. The topological polar surface area (TPSA) is 38.9 Å². The van der Waals surface area contributed by atoms with Gasteiger partial charge in [-0.25, -0.2) is 4.98 Å². The largest absolute Gasteiger partial charge is 0.327 e. The second-order valence-corrected chi connectivity index (χ2v) is 7.03. The van der Waals surface area contributed by atoms with Gasteiger partial charge in [0.05, 0.1) is 10.7 Å². The molecule has 0 amide bonds. The fourth-order valence-electron chi connectivity index (χ4n) is 1.74. The first-order valence-corrected chi connectivity index (χ1v) is 7.41. The van der Waals surface area contributed by atoms with Gasteiger partial charge in [-0.3, -0.25) is 0 Å². The third kappa shape index (κ3) is 4.76. The van der Waals surface area contributed by atoms with E-state index in [0.717, 1.165) is 12.8 Å². The normalized spacial score (nSPS) is 15.9. The number of nitrogens with two attached hydrogens (primary N) is 1. The first kappa shape index (κ1) is 14.7. The Morgan fingerprint density at radius 3 is 2.53 bits per heavy atom. The number of hydrogen-bond acceptors (Lipinski definition) is 3. The molecule has 1 heterocycles. The lowest BCUT2D eigenvalue weighted by Gasteiger charge is -2.15. The molecular weight excluding hydrogens is 228 g/mol. The van der Waals surface area contributed by atoms with Crippen molar-refractivity contribution >= 4 is 11.3 Å². The second-order valence-electron chi connectivity index (χ2n) is 6.09. The van der Waals surface area contributed by atoms with Crippen molar-refractivity contribution in [3.63, 3.8) is 0 Å². The van der Waals surface area contributed by atoms with Crippen LogP contribution in [0.3, 0.4) is 0 Å². The molecule has 0 fully saturated rings. The minimum Gasteiger partial charge on any atom is -0.327 e. The van der Waals surface area contributed by atoms with Gasteiger partial charge >= 0.3 is 0 Å². The van der Waals surface area contributed by atoms with E-state index in [4.69, 9.17) is 10.7 Å². The second kappa shape index (κ2) is 5.96. The highest BCUT2D eigenvalue weighted by Crippen LogP contribution is 2.24. The van der Waals surface area contributed by atoms with Crippen molar-refractivity contribution in [2.75, 3.05) is 0 Å². The third-order valence-electron chi connectivity index (χ3n) is 3.16. The van der Waals surface area contributed by atoms with Crippen LogP contribution in [0.5, 0.6) is 0 Å². The molecule has 3 heteroatoms. The molecule has 0 radical (unpaired) electrons. The highest BCUT2D eigenvalue weighted by atomic mass is 32.1. The van der Waals surface area contributed by atoms with Gasteiger partial charge < -0.3 is 5.73 Å². The predicted octanol–water partition coefficient (Wildman–Crippen LogP) is 3.75. The summed E-state index contributed by atoms with van der Waals surface area (Å²) >= 11 is 1.75. The quantitative estimate of drug-likeness (QED) is 0.869. The summed E-state index contributed by atoms with van der Waals surface area (Å²) < 4.78 is 0. The SMILES string of the molecule is CCC(C)CC(N)Cc1nc(C(C)(C)C)cs1. The maximum atomic E-state index is 6.17. The average Bonchev–Trinajstić information content (AvgIpc) is 2.65. The van der Waals surface area contributed by atoms with Crippen molar-refractivity contribution in [1.82, 2.24) is 4.98 Å². The summed E-state index contributed by atoms with van der Waals surface area (Å²) in [4.78, 5) is 4.69. The van der Waals surface area contributed by atoms with Crippen molar-refractivity contribution < 1.29 is 0 Å². The van der Waals surface area contributed by atoms with E-state index in [1.54, 1.807) is 11.3 Å². The Hall–Kier alpha value is -0.410. The Balaban J connectivity index is 2.55. The van der Waals surface area contributed by atoms with Crippen molar-refractivity contribution in [2.24, 2.45) is 11.7 Å². The first-order valence-electron chi connectivity index (χ1n) is 6.53. The molecule has 17 heavy (non-hydrogen) atoms. The van der Waals surface area contributed by atoms with E-state index < -0.39 is 0 Å². The van der Waals surface area contributed by atoms with E-state index in [1.165, 1.54) is 17.1 Å². The van der Waals surface area contributed by atoms with Gasteiger partial charge in [0.25, 0.3) is 0 Å². The van der Waals surface area contributed by atoms with E-state index in [9.17, 15) is 0 Å². The minimum absolute atomic E-state index is 0.148. The Morgan fingerprint density at radius 1 is 1.41 bits per heavy atom. The Bertz CT molecular complexity index is 338. The lowest BCUT2D eigenvalue weighted by atomic mass is 9.93. The molecular formula is C14H26N2S. The number of hydrogen-bond donors (Lipinski definition) is 1. The van der Waals surface area contributed by atoms with Crippen LogP contribution < -0.4 is 5.73 Å². The highest BCUT2D eigenvalue weighted by molar-refractivity contribution is 7.09. The molecule has 2 nitrogen and oxygen atoms in total. The van der Waals surface area contributed by atoms with Gasteiger partial charge in [-0.2, -0.15) is 0 Å². The zero-order valence-corrected chi connectivity index (χ0v) is 12.6. The predicted molar refractivity (Wildman–Crippen MR) is 76.6 cm³/mol. The first-order chi connectivity index (χ1) is 7.82. The summed E-state index contributed by atoms with van der Waals surface area (Å²) in [5.74, 6) is 0.715. The molecule has 0 saturated carbocycles. The summed E-state index contributed by atoms with van der Waals surface area (Å²) in [5, 5.41) is 3.36. The van der Waals surface area contributed by atoms with Crippen LogP contribution in [0.25, 0.3) is 0 Å². The van der Waals surface area contributed by atoms with Crippen LogP contribution in [-0.4, -0.2) is 11.0 Å². The number of aromatic nitrogens is 1. The van der Waals surface area contributed by atoms with Gasteiger partial charge in [0.1, 0.15) is 0 Å². The smallest absolute Gasteiger partial charge is 0.0943 e. The van der Waals surface area contributed by atoms with Crippen molar-refractivity contribution in [3.05, 3.63) is 16.1 Å². The lowest BCUT2D eigenvalue weighted by Crippen LogP contribution is -2.25. The molecule has 0 aliphatic rings. The molecule has 2 atom stereocenters. The van der Waals surface area contributed by atoms with Crippen molar-refractivity contribution in [1.29, 1.82) is 0 Å². The van der Waals surface area contributed by atoms with Crippen molar-refractivity contribution in [2.45, 2.75) is 65.3 Å². The average molecular weight is 254 g/mol. The van der Waals surface area contributed by atoms with Gasteiger partial charge in [-0.1, -0.05) is 41.0 Å². The fraction of sp³-hybridized carbons (Fsp3) is 0.786. The van der Waals surface area contributed by atoms with Crippen LogP contribution in [0.4, 0.5) is 0 Å². The summed E-state index contributed by atoms with van der Waals surface area (Å²) in [6, 6.07) is 0.254. The minimum atomic E-state index is 0.148. The number of nitrogens with zero attached hydrogens (tertiary/aromatic N) is 1. The lowest BCUT2D eigenvalue weighted by molar-refractivity contribution is 0.449. The molecule has 0 bridgehead atoms. The molecule has 1 aromatic rings. The van der Waals surface area contributed by atoms with Crippen LogP contribution in [0, 0.1) is 5.92 Å². The monoisotopic (exact) mass is 254 g/mol. The molecule has 1 aromatic heterocycles. The molecule has 0 aliphatic heterocycles. The van der Waals surface area contributed by atoms with E-state index in [2.05, 4.69) is 40.0 Å². The molecule has 0 spiro atoms. The van der Waals surface area contributed by atoms with E-state index in [1.807, 2.05) is 0 Å². The zero-order valence-electron chi connectivity index (χ0n) is 11.8. The molecule has 2 unspecified atom stereocenters. The molecule has 0 aromatic carbocycles. The van der Waals surface area contributed by atoms with Crippen LogP contribution in [0.1, 0.15) is 58.2 Å². The fourth-order valence-corrected chi connectivity index (χ4v) is 2.86. The Labute approximate surface area is 110 Å². The summed E-state index contributed by atoms with van der Waals surface area (Å²) in [6.45, 7) is 11.1. The maximum Gasteiger partial charge on any atom is 0.0943 e.